The summed E-state index contributed by atoms with van der Waals surface area (Å²) in [6, 6.07) is 10.2. The van der Waals surface area contributed by atoms with Crippen molar-refractivity contribution in [2.45, 2.75) is 39.5 Å². The van der Waals surface area contributed by atoms with E-state index in [-0.39, 0.29) is 18.5 Å². The van der Waals surface area contributed by atoms with Gasteiger partial charge >= 0.3 is 0 Å². The van der Waals surface area contributed by atoms with Gasteiger partial charge in [0.05, 0.1) is 17.7 Å². The van der Waals surface area contributed by atoms with E-state index in [0.29, 0.717) is 31.3 Å². The van der Waals surface area contributed by atoms with E-state index in [1.807, 2.05) is 26.0 Å². The maximum atomic E-state index is 13.0. The van der Waals surface area contributed by atoms with Crippen LogP contribution in [0, 0.1) is 5.82 Å². The molecule has 0 bridgehead atoms. The average molecular weight is 426 g/mol. The number of halogens is 2. The van der Waals surface area contributed by atoms with E-state index < -0.39 is 0 Å². The van der Waals surface area contributed by atoms with Crippen LogP contribution in [0.3, 0.4) is 0 Å². The first-order valence-corrected chi connectivity index (χ1v) is 9.53. The third kappa shape index (κ3) is 5.97. The van der Waals surface area contributed by atoms with Crippen molar-refractivity contribution in [2.24, 2.45) is 0 Å². The first-order valence-electron chi connectivity index (χ1n) is 8.74. The van der Waals surface area contributed by atoms with E-state index in [9.17, 15) is 9.50 Å². The van der Waals surface area contributed by atoms with E-state index in [1.165, 1.54) is 12.1 Å². The highest BCUT2D eigenvalue weighted by atomic mass is 79.9. The van der Waals surface area contributed by atoms with Crippen LogP contribution in [0.4, 0.5) is 4.39 Å². The van der Waals surface area contributed by atoms with Crippen LogP contribution in [-0.2, 0) is 13.2 Å². The normalized spacial score (nSPS) is 12.0. The Balaban J connectivity index is 2.13. The Morgan fingerprint density at radius 1 is 1.12 bits per heavy atom. The van der Waals surface area contributed by atoms with Crippen molar-refractivity contribution < 1.29 is 19.0 Å². The van der Waals surface area contributed by atoms with Gasteiger partial charge in [-0.1, -0.05) is 19.1 Å². The number of hydrogen-bond donors (Lipinski definition) is 2. The minimum atomic E-state index is -0.268. The zero-order valence-corrected chi connectivity index (χ0v) is 16.7. The summed E-state index contributed by atoms with van der Waals surface area (Å²) in [7, 11) is 0. The minimum absolute atomic E-state index is 0.0683. The van der Waals surface area contributed by atoms with Gasteiger partial charge in [-0.15, -0.1) is 0 Å². The fourth-order valence-corrected chi connectivity index (χ4v) is 3.07. The van der Waals surface area contributed by atoms with Crippen molar-refractivity contribution in [1.82, 2.24) is 5.32 Å². The number of ether oxygens (including phenoxy) is 2. The Hall–Kier alpha value is -1.63. The molecule has 0 aromatic heterocycles. The number of aliphatic hydroxyl groups excluding tert-OH is 1. The first-order chi connectivity index (χ1) is 12.6. The van der Waals surface area contributed by atoms with Crippen molar-refractivity contribution in [3.05, 3.63) is 57.8 Å². The molecule has 0 aliphatic heterocycles. The maximum Gasteiger partial charge on any atom is 0.175 e. The number of aliphatic hydroxyl groups is 1. The summed E-state index contributed by atoms with van der Waals surface area (Å²) in [5.41, 5.74) is 1.90. The van der Waals surface area contributed by atoms with Crippen LogP contribution in [-0.4, -0.2) is 24.4 Å². The molecule has 2 N–H and O–H groups in total. The van der Waals surface area contributed by atoms with Gasteiger partial charge in [0.25, 0.3) is 0 Å². The van der Waals surface area contributed by atoms with Crippen LogP contribution in [0.1, 0.15) is 31.4 Å². The molecule has 0 aliphatic rings. The van der Waals surface area contributed by atoms with Crippen LogP contribution in [0.5, 0.6) is 11.5 Å². The monoisotopic (exact) mass is 425 g/mol. The van der Waals surface area contributed by atoms with Crippen LogP contribution >= 0.6 is 15.9 Å². The van der Waals surface area contributed by atoms with Gasteiger partial charge in [0, 0.05) is 12.6 Å². The molecule has 0 amide bonds. The highest BCUT2D eigenvalue weighted by Crippen LogP contribution is 2.37. The highest BCUT2D eigenvalue weighted by Gasteiger charge is 2.13. The molecule has 0 heterocycles. The fraction of sp³-hybridized carbons (Fsp3) is 0.400. The molecule has 0 spiro atoms. The van der Waals surface area contributed by atoms with Crippen molar-refractivity contribution in [3.63, 3.8) is 0 Å². The molecule has 6 heteroatoms. The summed E-state index contributed by atoms with van der Waals surface area (Å²) in [4.78, 5) is 0. The molecule has 1 atom stereocenters. The molecule has 0 radical (unpaired) electrons. The second-order valence-electron chi connectivity index (χ2n) is 5.92. The maximum absolute atomic E-state index is 13.0. The Labute approximate surface area is 162 Å². The Morgan fingerprint density at radius 3 is 2.46 bits per heavy atom. The molecule has 2 rings (SSSR count). The lowest BCUT2D eigenvalue weighted by atomic mass is 10.1. The largest absolute Gasteiger partial charge is 0.490 e. The Morgan fingerprint density at radius 2 is 1.85 bits per heavy atom. The summed E-state index contributed by atoms with van der Waals surface area (Å²) in [6.45, 7) is 5.51. The predicted octanol–water partition coefficient (Wildman–Crippen LogP) is 4.43. The zero-order valence-electron chi connectivity index (χ0n) is 15.1. The number of benzene rings is 2. The molecule has 26 heavy (non-hydrogen) atoms. The molecule has 2 aromatic rings. The third-order valence-electron chi connectivity index (χ3n) is 3.97. The van der Waals surface area contributed by atoms with Gasteiger partial charge in [0.1, 0.15) is 12.4 Å². The molecule has 0 saturated heterocycles. The smallest absolute Gasteiger partial charge is 0.175 e. The second-order valence-corrected chi connectivity index (χ2v) is 6.78. The van der Waals surface area contributed by atoms with Gasteiger partial charge in [-0.25, -0.2) is 4.39 Å². The van der Waals surface area contributed by atoms with Crippen LogP contribution in [0.15, 0.2) is 40.9 Å². The molecular formula is C20H25BrFNO3. The highest BCUT2D eigenvalue weighted by molar-refractivity contribution is 9.10. The SMILES string of the molecule is CCOc1cc(CNC(CC)CO)cc(Br)c1OCc1ccc(F)cc1. The van der Waals surface area contributed by atoms with Gasteiger partial charge in [-0.05, 0) is 64.7 Å². The summed E-state index contributed by atoms with van der Waals surface area (Å²) < 4.78 is 25.5. The van der Waals surface area contributed by atoms with Gasteiger partial charge in [0.2, 0.25) is 0 Å². The lowest BCUT2D eigenvalue weighted by Crippen LogP contribution is -2.31. The summed E-state index contributed by atoms with van der Waals surface area (Å²) in [5.74, 6) is 1.00. The van der Waals surface area contributed by atoms with Gasteiger partial charge < -0.3 is 19.9 Å². The van der Waals surface area contributed by atoms with Crippen molar-refractivity contribution in [1.29, 1.82) is 0 Å². The van der Waals surface area contributed by atoms with Gasteiger partial charge in [-0.3, -0.25) is 0 Å². The molecule has 1 unspecified atom stereocenters. The Kier molecular flexibility index (Phi) is 8.35. The molecule has 142 valence electrons. The van der Waals surface area contributed by atoms with E-state index in [4.69, 9.17) is 9.47 Å². The molecule has 0 saturated carbocycles. The zero-order chi connectivity index (χ0) is 18.9. The fourth-order valence-electron chi connectivity index (χ4n) is 2.46. The Bertz CT molecular complexity index is 690. The minimum Gasteiger partial charge on any atom is -0.490 e. The van der Waals surface area contributed by atoms with Crippen molar-refractivity contribution in [3.8, 4) is 11.5 Å². The van der Waals surface area contributed by atoms with E-state index >= 15 is 0 Å². The molecule has 2 aromatic carbocycles. The predicted molar refractivity (Wildman–Crippen MR) is 104 cm³/mol. The summed E-state index contributed by atoms with van der Waals surface area (Å²) in [5, 5.41) is 12.6. The van der Waals surface area contributed by atoms with Crippen LogP contribution in [0.25, 0.3) is 0 Å². The summed E-state index contributed by atoms with van der Waals surface area (Å²) >= 11 is 3.55. The average Bonchev–Trinajstić information content (AvgIpc) is 2.63. The van der Waals surface area contributed by atoms with E-state index in [2.05, 4.69) is 21.2 Å². The summed E-state index contributed by atoms with van der Waals surface area (Å²) in [6.07, 6.45) is 0.856. The second kappa shape index (κ2) is 10.5. The van der Waals surface area contributed by atoms with Crippen LogP contribution in [0.2, 0.25) is 0 Å². The van der Waals surface area contributed by atoms with E-state index in [1.54, 1.807) is 12.1 Å². The molecule has 0 aliphatic carbocycles. The van der Waals surface area contributed by atoms with Crippen molar-refractivity contribution in [2.75, 3.05) is 13.2 Å². The molecule has 4 nitrogen and oxygen atoms in total. The van der Waals surface area contributed by atoms with Gasteiger partial charge in [0.15, 0.2) is 11.5 Å². The number of nitrogens with one attached hydrogen (secondary N) is 1. The lowest BCUT2D eigenvalue weighted by molar-refractivity contribution is 0.238. The quantitative estimate of drug-likeness (QED) is 0.591. The topological polar surface area (TPSA) is 50.7 Å². The van der Waals surface area contributed by atoms with E-state index in [0.717, 1.165) is 22.0 Å². The number of hydrogen-bond acceptors (Lipinski definition) is 4. The van der Waals surface area contributed by atoms with Gasteiger partial charge in [-0.2, -0.15) is 0 Å². The third-order valence-corrected chi connectivity index (χ3v) is 4.56. The van der Waals surface area contributed by atoms with Crippen LogP contribution < -0.4 is 14.8 Å². The lowest BCUT2D eigenvalue weighted by Gasteiger charge is -2.18. The van der Waals surface area contributed by atoms with Crippen molar-refractivity contribution >= 4 is 15.9 Å². The first kappa shape index (κ1) is 20.7. The number of rotatable bonds is 10. The standard InChI is InChI=1S/C20H25BrFNO3/c1-3-17(12-24)23-11-15-9-18(21)20(19(10-15)25-4-2)26-13-14-5-7-16(22)8-6-14/h5-10,17,23-24H,3-4,11-13H2,1-2H3. The molecular weight excluding hydrogens is 401 g/mol. The molecule has 0 fully saturated rings.